The van der Waals surface area contributed by atoms with E-state index in [0.29, 0.717) is 10.6 Å². The summed E-state index contributed by atoms with van der Waals surface area (Å²) in [5.41, 5.74) is 3.41. The minimum absolute atomic E-state index is 0.0337. The van der Waals surface area contributed by atoms with Crippen LogP contribution in [-0.2, 0) is 4.79 Å². The Labute approximate surface area is 149 Å². The maximum Gasteiger partial charge on any atom is 0.259 e. The van der Waals surface area contributed by atoms with Crippen molar-refractivity contribution in [2.75, 3.05) is 19.0 Å². The van der Waals surface area contributed by atoms with Crippen molar-refractivity contribution in [1.29, 1.82) is 0 Å². The summed E-state index contributed by atoms with van der Waals surface area (Å²) in [4.78, 5) is 11.7. The third kappa shape index (κ3) is 5.04. The summed E-state index contributed by atoms with van der Waals surface area (Å²) in [6.07, 6.45) is 1.26. The van der Waals surface area contributed by atoms with Gasteiger partial charge < -0.3 is 15.2 Å². The van der Waals surface area contributed by atoms with Crippen LogP contribution >= 0.6 is 23.2 Å². The number of hydrogen-bond donors (Lipinski definition) is 3. The van der Waals surface area contributed by atoms with Crippen molar-refractivity contribution in [1.82, 2.24) is 5.43 Å². The molecule has 0 spiro atoms. The normalized spacial score (nSPS) is 10.6. The maximum atomic E-state index is 11.7. The number of anilines is 1. The largest absolute Gasteiger partial charge is 0.506 e. The summed E-state index contributed by atoms with van der Waals surface area (Å²) in [6, 6.07) is 10.0. The summed E-state index contributed by atoms with van der Waals surface area (Å²) in [6.45, 7) is 0.0337. The van der Waals surface area contributed by atoms with Crippen molar-refractivity contribution in [2.45, 2.75) is 0 Å². The number of nitrogens with one attached hydrogen (secondary N) is 2. The standard InChI is InChI=1S/C16H15Cl2N3O3/c1-24-13-4-2-12(3-5-13)19-9-15(22)21-20-8-10-6-11(17)7-14(18)16(10)23/h2-8,19,23H,9H2,1H3,(H,21,22)/b20-8+. The molecule has 3 N–H and O–H groups in total. The number of halogens is 2. The van der Waals surface area contributed by atoms with Gasteiger partial charge in [-0.3, -0.25) is 4.79 Å². The number of hydrazone groups is 1. The minimum Gasteiger partial charge on any atom is -0.506 e. The number of ether oxygens (including phenoxy) is 1. The Kier molecular flexibility index (Phi) is 6.28. The van der Waals surface area contributed by atoms with Crippen LogP contribution in [0, 0.1) is 0 Å². The fraction of sp³-hybridized carbons (Fsp3) is 0.125. The van der Waals surface area contributed by atoms with Crippen molar-refractivity contribution in [3.8, 4) is 11.5 Å². The van der Waals surface area contributed by atoms with Crippen molar-refractivity contribution in [2.24, 2.45) is 5.10 Å². The van der Waals surface area contributed by atoms with Crippen LogP contribution in [0.5, 0.6) is 11.5 Å². The lowest BCUT2D eigenvalue weighted by atomic mass is 10.2. The molecule has 8 heteroatoms. The van der Waals surface area contributed by atoms with Crippen molar-refractivity contribution in [3.63, 3.8) is 0 Å². The van der Waals surface area contributed by atoms with E-state index in [1.165, 1.54) is 18.3 Å². The number of carbonyl (C=O) groups is 1. The van der Waals surface area contributed by atoms with E-state index in [1.807, 2.05) is 0 Å². The van der Waals surface area contributed by atoms with Gasteiger partial charge in [0.25, 0.3) is 5.91 Å². The highest BCUT2D eigenvalue weighted by Gasteiger charge is 2.06. The van der Waals surface area contributed by atoms with E-state index in [-0.39, 0.29) is 23.2 Å². The zero-order valence-corrected chi connectivity index (χ0v) is 14.2. The van der Waals surface area contributed by atoms with Crippen LogP contribution in [0.1, 0.15) is 5.56 Å². The Morgan fingerprint density at radius 2 is 2.00 bits per heavy atom. The van der Waals surface area contributed by atoms with Gasteiger partial charge in [0.1, 0.15) is 11.5 Å². The van der Waals surface area contributed by atoms with Gasteiger partial charge in [0.15, 0.2) is 0 Å². The smallest absolute Gasteiger partial charge is 0.259 e. The summed E-state index contributed by atoms with van der Waals surface area (Å²) in [7, 11) is 1.58. The molecule has 0 aliphatic carbocycles. The number of methoxy groups -OCH3 is 1. The van der Waals surface area contributed by atoms with Gasteiger partial charge in [-0.25, -0.2) is 5.43 Å². The summed E-state index contributed by atoms with van der Waals surface area (Å²) < 4.78 is 5.05. The molecule has 24 heavy (non-hydrogen) atoms. The summed E-state index contributed by atoms with van der Waals surface area (Å²) >= 11 is 11.6. The molecule has 1 amide bonds. The first kappa shape index (κ1) is 17.9. The van der Waals surface area contributed by atoms with Gasteiger partial charge in [0, 0.05) is 16.3 Å². The number of nitrogens with zero attached hydrogens (tertiary/aromatic N) is 1. The Balaban J connectivity index is 1.86. The number of amides is 1. The lowest BCUT2D eigenvalue weighted by Crippen LogP contribution is -2.25. The molecule has 0 unspecified atom stereocenters. The molecule has 2 aromatic rings. The third-order valence-electron chi connectivity index (χ3n) is 2.99. The molecule has 0 aliphatic heterocycles. The Bertz CT molecular complexity index is 749. The number of carbonyl (C=O) groups excluding carboxylic acids is 1. The van der Waals surface area contributed by atoms with Crippen LogP contribution in [0.15, 0.2) is 41.5 Å². The SMILES string of the molecule is COc1ccc(NCC(=O)N/N=C/c2cc(Cl)cc(Cl)c2O)cc1. The number of hydrogen-bond acceptors (Lipinski definition) is 5. The topological polar surface area (TPSA) is 83.0 Å². The zero-order valence-electron chi connectivity index (χ0n) is 12.7. The van der Waals surface area contributed by atoms with Gasteiger partial charge in [-0.1, -0.05) is 23.2 Å². The fourth-order valence-electron chi connectivity index (χ4n) is 1.79. The second-order valence-electron chi connectivity index (χ2n) is 4.70. The van der Waals surface area contributed by atoms with Crippen LogP contribution in [0.3, 0.4) is 0 Å². The van der Waals surface area contributed by atoms with Crippen molar-refractivity contribution >= 4 is 41.0 Å². The highest BCUT2D eigenvalue weighted by atomic mass is 35.5. The zero-order chi connectivity index (χ0) is 17.5. The van der Waals surface area contributed by atoms with Gasteiger partial charge in [0.2, 0.25) is 0 Å². The molecule has 2 rings (SSSR count). The van der Waals surface area contributed by atoms with Gasteiger partial charge >= 0.3 is 0 Å². The summed E-state index contributed by atoms with van der Waals surface area (Å²) in [5, 5.41) is 16.9. The van der Waals surface area contributed by atoms with Gasteiger partial charge in [-0.05, 0) is 36.4 Å². The molecular weight excluding hydrogens is 353 g/mol. The average Bonchev–Trinajstić information content (AvgIpc) is 2.57. The summed E-state index contributed by atoms with van der Waals surface area (Å²) in [5.74, 6) is 0.222. The first-order chi connectivity index (χ1) is 11.5. The molecule has 0 saturated heterocycles. The van der Waals surface area contributed by atoms with Gasteiger partial charge in [0.05, 0.1) is 24.9 Å². The quantitative estimate of drug-likeness (QED) is 0.540. The Morgan fingerprint density at radius 1 is 1.29 bits per heavy atom. The molecule has 2 aromatic carbocycles. The first-order valence-electron chi connectivity index (χ1n) is 6.87. The molecule has 0 atom stereocenters. The Hall–Kier alpha value is -2.44. The minimum atomic E-state index is -0.352. The average molecular weight is 368 g/mol. The van der Waals surface area contributed by atoms with E-state index in [4.69, 9.17) is 27.9 Å². The van der Waals surface area contributed by atoms with Crippen LogP contribution < -0.4 is 15.5 Å². The third-order valence-corrected chi connectivity index (χ3v) is 3.50. The van der Waals surface area contributed by atoms with E-state index in [1.54, 1.807) is 31.4 Å². The molecule has 0 aliphatic rings. The van der Waals surface area contributed by atoms with Crippen molar-refractivity contribution < 1.29 is 14.6 Å². The molecule has 0 aromatic heterocycles. The second-order valence-corrected chi connectivity index (χ2v) is 5.54. The van der Waals surface area contributed by atoms with Crippen LogP contribution in [0.2, 0.25) is 10.0 Å². The number of rotatable bonds is 6. The number of benzene rings is 2. The van der Waals surface area contributed by atoms with Gasteiger partial charge in [-0.15, -0.1) is 0 Å². The first-order valence-corrected chi connectivity index (χ1v) is 7.63. The molecule has 0 heterocycles. The number of phenols is 1. The molecule has 0 saturated carbocycles. The lowest BCUT2D eigenvalue weighted by molar-refractivity contribution is -0.119. The van der Waals surface area contributed by atoms with Gasteiger partial charge in [-0.2, -0.15) is 5.10 Å². The van der Waals surface area contributed by atoms with E-state index < -0.39 is 0 Å². The molecule has 126 valence electrons. The lowest BCUT2D eigenvalue weighted by Gasteiger charge is -2.06. The maximum absolute atomic E-state index is 11.7. The van der Waals surface area contributed by atoms with Crippen LogP contribution in [0.4, 0.5) is 5.69 Å². The predicted molar refractivity (Wildman–Crippen MR) is 95.3 cm³/mol. The van der Waals surface area contributed by atoms with E-state index in [0.717, 1.165) is 11.4 Å². The Morgan fingerprint density at radius 3 is 2.67 bits per heavy atom. The molecule has 0 bridgehead atoms. The molecule has 6 nitrogen and oxygen atoms in total. The highest BCUT2D eigenvalue weighted by Crippen LogP contribution is 2.29. The van der Waals surface area contributed by atoms with E-state index in [9.17, 15) is 9.90 Å². The highest BCUT2D eigenvalue weighted by molar-refractivity contribution is 6.36. The van der Waals surface area contributed by atoms with Crippen LogP contribution in [0.25, 0.3) is 0 Å². The van der Waals surface area contributed by atoms with Crippen LogP contribution in [-0.4, -0.2) is 30.9 Å². The monoisotopic (exact) mass is 367 g/mol. The molecular formula is C16H15Cl2N3O3. The second kappa shape index (κ2) is 8.42. The molecule has 0 fully saturated rings. The molecule has 0 radical (unpaired) electrons. The van der Waals surface area contributed by atoms with E-state index >= 15 is 0 Å². The van der Waals surface area contributed by atoms with E-state index in [2.05, 4.69) is 15.8 Å². The number of aromatic hydroxyl groups is 1. The fourth-order valence-corrected chi connectivity index (χ4v) is 2.30. The van der Waals surface area contributed by atoms with Crippen molar-refractivity contribution in [3.05, 3.63) is 52.0 Å². The number of phenolic OH excluding ortho intramolecular Hbond substituents is 1. The predicted octanol–water partition coefficient (Wildman–Crippen LogP) is 3.27.